The van der Waals surface area contributed by atoms with E-state index in [-0.39, 0.29) is 5.91 Å². The summed E-state index contributed by atoms with van der Waals surface area (Å²) in [6.07, 6.45) is 2.95. The third-order valence-corrected chi connectivity index (χ3v) is 4.27. The third kappa shape index (κ3) is 2.04. The fourth-order valence-electron chi connectivity index (χ4n) is 2.76. The van der Waals surface area contributed by atoms with Crippen molar-refractivity contribution in [1.29, 1.82) is 0 Å². The minimum atomic E-state index is -0.217. The van der Waals surface area contributed by atoms with Gasteiger partial charge in [0.2, 0.25) is 0 Å². The van der Waals surface area contributed by atoms with E-state index in [2.05, 4.69) is 41.6 Å². The number of hydrogen-bond donors (Lipinski definition) is 3. The van der Waals surface area contributed by atoms with Crippen molar-refractivity contribution in [1.82, 2.24) is 20.4 Å². The number of amides is 1. The molecule has 0 atom stereocenters. The van der Waals surface area contributed by atoms with Crippen molar-refractivity contribution >= 4 is 38.6 Å². The minimum Gasteiger partial charge on any atom is -0.303 e. The average molecular weight is 346 g/mol. The molecule has 0 aliphatic heterocycles. The van der Waals surface area contributed by atoms with E-state index < -0.39 is 0 Å². The molecule has 21 heavy (non-hydrogen) atoms. The Morgan fingerprint density at radius 3 is 3.05 bits per heavy atom. The van der Waals surface area contributed by atoms with Crippen molar-refractivity contribution in [3.8, 4) is 0 Å². The van der Waals surface area contributed by atoms with Gasteiger partial charge in [0.15, 0.2) is 11.5 Å². The number of aromatic amines is 2. The van der Waals surface area contributed by atoms with Gasteiger partial charge >= 0.3 is 0 Å². The Hall–Kier alpha value is -2.15. The van der Waals surface area contributed by atoms with Crippen molar-refractivity contribution in [2.75, 3.05) is 5.32 Å². The maximum atomic E-state index is 12.4. The van der Waals surface area contributed by atoms with Gasteiger partial charge in [-0.2, -0.15) is 10.2 Å². The molecule has 1 aromatic carbocycles. The first-order chi connectivity index (χ1) is 10.2. The Bertz CT molecular complexity index is 850. The fraction of sp³-hybridized carbons (Fsp3) is 0.214. The lowest BCUT2D eigenvalue weighted by molar-refractivity contribution is 0.102. The summed E-state index contributed by atoms with van der Waals surface area (Å²) in [5.41, 5.74) is 3.47. The van der Waals surface area contributed by atoms with E-state index in [4.69, 9.17) is 0 Å². The zero-order valence-electron chi connectivity index (χ0n) is 11.0. The number of carbonyl (C=O) groups is 1. The summed E-state index contributed by atoms with van der Waals surface area (Å²) in [5, 5.41) is 17.9. The summed E-state index contributed by atoms with van der Waals surface area (Å²) in [5.74, 6) is 0.308. The number of nitrogens with one attached hydrogen (secondary N) is 3. The molecular weight excluding hydrogens is 334 g/mol. The molecule has 4 rings (SSSR count). The van der Waals surface area contributed by atoms with Gasteiger partial charge in [-0.15, -0.1) is 0 Å². The molecule has 2 heterocycles. The first-order valence-electron chi connectivity index (χ1n) is 6.73. The van der Waals surface area contributed by atoms with Crippen molar-refractivity contribution in [2.24, 2.45) is 0 Å². The zero-order chi connectivity index (χ0) is 14.4. The Balaban J connectivity index is 1.66. The molecule has 0 bridgehead atoms. The van der Waals surface area contributed by atoms with Crippen LogP contribution in [0.4, 0.5) is 5.82 Å². The van der Waals surface area contributed by atoms with Crippen molar-refractivity contribution in [3.05, 3.63) is 39.6 Å². The number of H-pyrrole nitrogens is 2. The Labute approximate surface area is 128 Å². The predicted octanol–water partition coefficient (Wildman–Crippen LogP) is 2.79. The van der Waals surface area contributed by atoms with E-state index in [0.29, 0.717) is 11.5 Å². The molecule has 6 nitrogen and oxygen atoms in total. The number of nitrogens with zero attached hydrogens (tertiary/aromatic N) is 2. The highest BCUT2D eigenvalue weighted by Crippen LogP contribution is 2.26. The molecule has 3 N–H and O–H groups in total. The van der Waals surface area contributed by atoms with Crippen LogP contribution in [0, 0.1) is 0 Å². The van der Waals surface area contributed by atoms with Crippen LogP contribution < -0.4 is 5.32 Å². The summed E-state index contributed by atoms with van der Waals surface area (Å²) in [6, 6.07) is 5.75. The lowest BCUT2D eigenvalue weighted by Crippen LogP contribution is -2.14. The summed E-state index contributed by atoms with van der Waals surface area (Å²) < 4.78 is 0.960. The molecule has 1 aliphatic rings. The van der Waals surface area contributed by atoms with Gasteiger partial charge in [-0.05, 0) is 37.5 Å². The SMILES string of the molecule is O=C(Nc1n[nH]c2cc(Br)ccc12)c1n[nH]c2c1CCC2. The summed E-state index contributed by atoms with van der Waals surface area (Å²) in [4.78, 5) is 12.4. The first-order valence-corrected chi connectivity index (χ1v) is 7.53. The van der Waals surface area contributed by atoms with E-state index in [1.54, 1.807) is 0 Å². The molecule has 106 valence electrons. The van der Waals surface area contributed by atoms with Crippen LogP contribution in [0.25, 0.3) is 10.9 Å². The molecule has 7 heteroatoms. The molecule has 0 radical (unpaired) electrons. The number of halogens is 1. The van der Waals surface area contributed by atoms with E-state index in [1.165, 1.54) is 0 Å². The number of benzene rings is 1. The standard InChI is InChI=1S/C14H12BrN5O/c15-7-4-5-9-11(6-7)18-20-13(9)16-14(21)12-8-2-1-3-10(8)17-19-12/h4-6H,1-3H2,(H,17,19)(H2,16,18,20,21). The van der Waals surface area contributed by atoms with Crippen LogP contribution in [0.2, 0.25) is 0 Å². The van der Waals surface area contributed by atoms with Crippen molar-refractivity contribution < 1.29 is 4.79 Å². The van der Waals surface area contributed by atoms with Crippen LogP contribution in [-0.2, 0) is 12.8 Å². The van der Waals surface area contributed by atoms with Crippen molar-refractivity contribution in [3.63, 3.8) is 0 Å². The maximum absolute atomic E-state index is 12.4. The lowest BCUT2D eigenvalue weighted by Gasteiger charge is -2.01. The molecule has 0 fully saturated rings. The molecule has 0 saturated heterocycles. The molecule has 1 amide bonds. The fourth-order valence-corrected chi connectivity index (χ4v) is 3.12. The molecular formula is C14H12BrN5O. The minimum absolute atomic E-state index is 0.217. The van der Waals surface area contributed by atoms with Gasteiger partial charge in [0.1, 0.15) is 0 Å². The second kappa shape index (κ2) is 4.70. The first kappa shape index (κ1) is 12.6. The number of rotatable bonds is 2. The summed E-state index contributed by atoms with van der Waals surface area (Å²) in [7, 11) is 0. The number of aromatic nitrogens is 4. The Morgan fingerprint density at radius 1 is 1.24 bits per heavy atom. The molecule has 0 spiro atoms. The molecule has 0 unspecified atom stereocenters. The number of carbonyl (C=O) groups excluding carboxylic acids is 1. The molecule has 0 saturated carbocycles. The van der Waals surface area contributed by atoms with Crippen LogP contribution in [0.5, 0.6) is 0 Å². The third-order valence-electron chi connectivity index (χ3n) is 3.78. The zero-order valence-corrected chi connectivity index (χ0v) is 12.6. The Kier molecular flexibility index (Phi) is 2.81. The van der Waals surface area contributed by atoms with E-state index in [1.807, 2.05) is 18.2 Å². The lowest BCUT2D eigenvalue weighted by atomic mass is 10.2. The smallest absolute Gasteiger partial charge is 0.277 e. The number of aryl methyl sites for hydroxylation is 1. The topological polar surface area (TPSA) is 86.5 Å². The van der Waals surface area contributed by atoms with E-state index >= 15 is 0 Å². The summed E-state index contributed by atoms with van der Waals surface area (Å²) in [6.45, 7) is 0. The van der Waals surface area contributed by atoms with Crippen LogP contribution in [-0.4, -0.2) is 26.3 Å². The van der Waals surface area contributed by atoms with Crippen molar-refractivity contribution in [2.45, 2.75) is 19.3 Å². The highest BCUT2D eigenvalue weighted by molar-refractivity contribution is 9.10. The average Bonchev–Trinajstić information content (AvgIpc) is 3.13. The van der Waals surface area contributed by atoms with Gasteiger partial charge < -0.3 is 5.32 Å². The predicted molar refractivity (Wildman–Crippen MR) is 82.4 cm³/mol. The van der Waals surface area contributed by atoms with Crippen LogP contribution in [0.3, 0.4) is 0 Å². The van der Waals surface area contributed by atoms with Gasteiger partial charge in [0.25, 0.3) is 5.91 Å². The second-order valence-electron chi connectivity index (χ2n) is 5.10. The van der Waals surface area contributed by atoms with Gasteiger partial charge in [0, 0.05) is 21.1 Å². The number of hydrogen-bond acceptors (Lipinski definition) is 3. The van der Waals surface area contributed by atoms with Crippen LogP contribution >= 0.6 is 15.9 Å². The van der Waals surface area contributed by atoms with Crippen LogP contribution in [0.1, 0.15) is 28.2 Å². The van der Waals surface area contributed by atoms with Gasteiger partial charge in [-0.1, -0.05) is 15.9 Å². The highest BCUT2D eigenvalue weighted by atomic mass is 79.9. The molecule has 2 aromatic heterocycles. The van der Waals surface area contributed by atoms with E-state index in [0.717, 1.165) is 45.9 Å². The second-order valence-corrected chi connectivity index (χ2v) is 6.01. The summed E-state index contributed by atoms with van der Waals surface area (Å²) >= 11 is 3.41. The number of fused-ring (bicyclic) bond motifs is 2. The van der Waals surface area contributed by atoms with Gasteiger partial charge in [-0.3, -0.25) is 15.0 Å². The monoisotopic (exact) mass is 345 g/mol. The maximum Gasteiger partial charge on any atom is 0.277 e. The molecule has 3 aromatic rings. The number of anilines is 1. The van der Waals surface area contributed by atoms with Gasteiger partial charge in [-0.25, -0.2) is 0 Å². The molecule has 1 aliphatic carbocycles. The highest BCUT2D eigenvalue weighted by Gasteiger charge is 2.23. The Morgan fingerprint density at radius 2 is 2.14 bits per heavy atom. The van der Waals surface area contributed by atoms with Crippen LogP contribution in [0.15, 0.2) is 22.7 Å². The normalized spacial score (nSPS) is 13.6. The quantitative estimate of drug-likeness (QED) is 0.667. The van der Waals surface area contributed by atoms with E-state index in [9.17, 15) is 4.79 Å². The largest absolute Gasteiger partial charge is 0.303 e. The van der Waals surface area contributed by atoms with Gasteiger partial charge in [0.05, 0.1) is 5.52 Å².